The number of phenols is 1. The lowest BCUT2D eigenvalue weighted by Crippen LogP contribution is -2.47. The van der Waals surface area contributed by atoms with Gasteiger partial charge in [0.15, 0.2) is 0 Å². The maximum Gasteiger partial charge on any atom is 0.120 e. The molecule has 0 spiro atoms. The monoisotopic (exact) mass is 352 g/mol. The summed E-state index contributed by atoms with van der Waals surface area (Å²) < 4.78 is 5.55. The third-order valence-electron chi connectivity index (χ3n) is 4.81. The maximum atomic E-state index is 10.3. The highest BCUT2D eigenvalue weighted by Gasteiger charge is 2.33. The quantitative estimate of drug-likeness (QED) is 0.783. The van der Waals surface area contributed by atoms with Crippen molar-refractivity contribution in [3.05, 3.63) is 59.7 Å². The minimum absolute atomic E-state index is 0.0341. The number of aliphatic imine (C=N–C) groups is 1. The van der Waals surface area contributed by atoms with Crippen molar-refractivity contribution in [1.82, 2.24) is 5.32 Å². The Labute approximate surface area is 155 Å². The average molecular weight is 352 g/mol. The number of hydrogen-bond donors (Lipinski definition) is 2. The lowest BCUT2D eigenvalue weighted by Gasteiger charge is -2.38. The van der Waals surface area contributed by atoms with E-state index in [1.807, 2.05) is 37.3 Å². The molecule has 2 atom stereocenters. The van der Waals surface area contributed by atoms with Crippen molar-refractivity contribution in [3.8, 4) is 11.5 Å². The van der Waals surface area contributed by atoms with Crippen molar-refractivity contribution in [2.75, 3.05) is 6.61 Å². The number of nitrogens with one attached hydrogen (secondary N) is 1. The average Bonchev–Trinajstić information content (AvgIpc) is 2.62. The standard InChI is InChI=1S/C22H28N2O2/c1-4-14-22(3)23-19(16-10-12-17(13-11-16)26-5-2)15-20(24-22)18-8-6-7-9-21(18)25/h6-13,20,24-25H,4-5,14-15H2,1-3H3/t20-,22+/m1/s1. The van der Waals surface area contributed by atoms with Gasteiger partial charge >= 0.3 is 0 Å². The molecule has 1 aliphatic heterocycles. The van der Waals surface area contributed by atoms with Gasteiger partial charge in [-0.25, -0.2) is 0 Å². The molecule has 1 aliphatic rings. The van der Waals surface area contributed by atoms with E-state index in [0.29, 0.717) is 12.4 Å². The van der Waals surface area contributed by atoms with Gasteiger partial charge in [-0.1, -0.05) is 31.5 Å². The summed E-state index contributed by atoms with van der Waals surface area (Å²) in [5, 5.41) is 14.0. The highest BCUT2D eigenvalue weighted by Crippen LogP contribution is 2.34. The number of benzene rings is 2. The van der Waals surface area contributed by atoms with Crippen LogP contribution in [0.2, 0.25) is 0 Å². The number of para-hydroxylation sites is 1. The molecule has 26 heavy (non-hydrogen) atoms. The van der Waals surface area contributed by atoms with Crippen molar-refractivity contribution in [2.45, 2.75) is 51.7 Å². The molecule has 0 saturated heterocycles. The summed E-state index contributed by atoms with van der Waals surface area (Å²) in [6.07, 6.45) is 2.72. The van der Waals surface area contributed by atoms with E-state index >= 15 is 0 Å². The van der Waals surface area contributed by atoms with Crippen LogP contribution in [0.4, 0.5) is 0 Å². The van der Waals surface area contributed by atoms with Gasteiger partial charge in [-0.3, -0.25) is 10.3 Å². The summed E-state index contributed by atoms with van der Waals surface area (Å²) in [5.74, 6) is 1.20. The molecule has 0 fully saturated rings. The lowest BCUT2D eigenvalue weighted by molar-refractivity contribution is 0.283. The predicted molar refractivity (Wildman–Crippen MR) is 106 cm³/mol. The molecule has 2 aromatic carbocycles. The van der Waals surface area contributed by atoms with E-state index in [0.717, 1.165) is 41.9 Å². The van der Waals surface area contributed by atoms with Gasteiger partial charge in [0.2, 0.25) is 0 Å². The molecule has 0 radical (unpaired) electrons. The van der Waals surface area contributed by atoms with Gasteiger partial charge in [-0.2, -0.15) is 0 Å². The largest absolute Gasteiger partial charge is 0.508 e. The van der Waals surface area contributed by atoms with Crippen molar-refractivity contribution in [1.29, 1.82) is 0 Å². The Kier molecular flexibility index (Phi) is 5.62. The van der Waals surface area contributed by atoms with Crippen LogP contribution in [0.5, 0.6) is 11.5 Å². The number of hydrogen-bond acceptors (Lipinski definition) is 4. The van der Waals surface area contributed by atoms with Crippen LogP contribution in [0.3, 0.4) is 0 Å². The summed E-state index contributed by atoms with van der Waals surface area (Å²) in [6.45, 7) is 6.95. The smallest absolute Gasteiger partial charge is 0.120 e. The van der Waals surface area contributed by atoms with E-state index in [9.17, 15) is 5.11 Å². The zero-order valence-electron chi connectivity index (χ0n) is 15.8. The SMILES string of the molecule is CCC[C@@]1(C)N=C(c2ccc(OCC)cc2)C[C@H](c2ccccc2O)N1. The van der Waals surface area contributed by atoms with E-state index in [1.165, 1.54) is 0 Å². The van der Waals surface area contributed by atoms with Gasteiger partial charge in [0.05, 0.1) is 6.61 Å². The molecule has 0 unspecified atom stereocenters. The molecule has 3 rings (SSSR count). The molecule has 0 aliphatic carbocycles. The van der Waals surface area contributed by atoms with Crippen LogP contribution in [0.1, 0.15) is 57.2 Å². The van der Waals surface area contributed by atoms with Gasteiger partial charge < -0.3 is 9.84 Å². The van der Waals surface area contributed by atoms with Crippen molar-refractivity contribution < 1.29 is 9.84 Å². The molecule has 2 N–H and O–H groups in total. The molecule has 4 nitrogen and oxygen atoms in total. The van der Waals surface area contributed by atoms with Crippen LogP contribution in [0.15, 0.2) is 53.5 Å². The number of ether oxygens (including phenoxy) is 1. The Morgan fingerprint density at radius 1 is 1.15 bits per heavy atom. The molecule has 0 aromatic heterocycles. The molecule has 0 amide bonds. The van der Waals surface area contributed by atoms with Gasteiger partial charge in [0.1, 0.15) is 17.2 Å². The van der Waals surface area contributed by atoms with Gasteiger partial charge in [0.25, 0.3) is 0 Å². The minimum atomic E-state index is -0.339. The second-order valence-corrected chi connectivity index (χ2v) is 7.00. The first-order chi connectivity index (χ1) is 12.5. The third-order valence-corrected chi connectivity index (χ3v) is 4.81. The second kappa shape index (κ2) is 7.92. The van der Waals surface area contributed by atoms with Crippen molar-refractivity contribution >= 4 is 5.71 Å². The summed E-state index contributed by atoms with van der Waals surface area (Å²) in [4.78, 5) is 5.04. The fourth-order valence-corrected chi connectivity index (χ4v) is 3.67. The molecule has 0 bridgehead atoms. The zero-order chi connectivity index (χ0) is 18.6. The molecule has 138 valence electrons. The normalized spacial score (nSPS) is 22.7. The van der Waals surface area contributed by atoms with Crippen LogP contribution in [0.25, 0.3) is 0 Å². The van der Waals surface area contributed by atoms with E-state index in [-0.39, 0.29) is 11.7 Å². The van der Waals surface area contributed by atoms with E-state index in [1.54, 1.807) is 6.07 Å². The van der Waals surface area contributed by atoms with E-state index in [2.05, 4.69) is 31.3 Å². The van der Waals surface area contributed by atoms with Crippen molar-refractivity contribution in [2.24, 2.45) is 4.99 Å². The Morgan fingerprint density at radius 2 is 1.88 bits per heavy atom. The summed E-state index contributed by atoms with van der Waals surface area (Å²) in [6, 6.07) is 15.7. The summed E-state index contributed by atoms with van der Waals surface area (Å²) >= 11 is 0. The molecular formula is C22H28N2O2. The third kappa shape index (κ3) is 4.07. The lowest BCUT2D eigenvalue weighted by atomic mass is 9.91. The summed E-state index contributed by atoms with van der Waals surface area (Å²) in [5.41, 5.74) is 2.76. The number of phenolic OH excluding ortho intramolecular Hbond substituents is 1. The van der Waals surface area contributed by atoms with Crippen LogP contribution in [-0.4, -0.2) is 23.1 Å². The van der Waals surface area contributed by atoms with Crippen molar-refractivity contribution in [3.63, 3.8) is 0 Å². The van der Waals surface area contributed by atoms with Gasteiger partial charge in [0, 0.05) is 23.7 Å². The molecule has 0 saturated carbocycles. The van der Waals surface area contributed by atoms with Crippen LogP contribution >= 0.6 is 0 Å². The first-order valence-electron chi connectivity index (χ1n) is 9.42. The number of aromatic hydroxyl groups is 1. The molecule has 4 heteroatoms. The zero-order valence-corrected chi connectivity index (χ0v) is 15.8. The molecule has 1 heterocycles. The minimum Gasteiger partial charge on any atom is -0.508 e. The van der Waals surface area contributed by atoms with Crippen LogP contribution in [-0.2, 0) is 0 Å². The Bertz CT molecular complexity index is 770. The predicted octanol–water partition coefficient (Wildman–Crippen LogP) is 4.83. The number of rotatable bonds is 6. The molecule has 2 aromatic rings. The Morgan fingerprint density at radius 3 is 2.54 bits per heavy atom. The Hall–Kier alpha value is -2.33. The number of nitrogens with zero attached hydrogens (tertiary/aromatic N) is 1. The highest BCUT2D eigenvalue weighted by atomic mass is 16.5. The fraction of sp³-hybridized carbons (Fsp3) is 0.409. The van der Waals surface area contributed by atoms with E-state index in [4.69, 9.17) is 9.73 Å². The van der Waals surface area contributed by atoms with Gasteiger partial charge in [-0.05, 0) is 56.2 Å². The maximum absolute atomic E-state index is 10.3. The Balaban J connectivity index is 1.94. The first-order valence-corrected chi connectivity index (χ1v) is 9.42. The van der Waals surface area contributed by atoms with E-state index < -0.39 is 0 Å². The topological polar surface area (TPSA) is 53.9 Å². The summed E-state index contributed by atoms with van der Waals surface area (Å²) in [7, 11) is 0. The first kappa shape index (κ1) is 18.5. The van der Waals surface area contributed by atoms with Gasteiger partial charge in [-0.15, -0.1) is 0 Å². The highest BCUT2D eigenvalue weighted by molar-refractivity contribution is 6.01. The molecular weight excluding hydrogens is 324 g/mol. The van der Waals surface area contributed by atoms with Crippen LogP contribution in [0, 0.1) is 0 Å². The second-order valence-electron chi connectivity index (χ2n) is 7.00. The van der Waals surface area contributed by atoms with Crippen LogP contribution < -0.4 is 10.1 Å². The fourth-order valence-electron chi connectivity index (χ4n) is 3.67.